The van der Waals surface area contributed by atoms with E-state index in [0.717, 1.165) is 19.5 Å². The first-order chi connectivity index (χ1) is 7.24. The van der Waals surface area contributed by atoms with Gasteiger partial charge in [0.1, 0.15) is 0 Å². The Hall–Kier alpha value is -0.610. The van der Waals surface area contributed by atoms with Crippen LogP contribution in [-0.4, -0.2) is 50.3 Å². The van der Waals surface area contributed by atoms with Crippen LogP contribution in [0, 0.1) is 5.92 Å². The molecule has 0 aromatic rings. The van der Waals surface area contributed by atoms with Crippen molar-refractivity contribution in [1.29, 1.82) is 0 Å². The maximum Gasteiger partial charge on any atom is 0.228 e. The molecule has 0 aromatic heterocycles. The van der Waals surface area contributed by atoms with Crippen molar-refractivity contribution in [3.8, 4) is 0 Å². The summed E-state index contributed by atoms with van der Waals surface area (Å²) in [7, 11) is 1.65. The van der Waals surface area contributed by atoms with Crippen LogP contribution in [0.2, 0.25) is 0 Å². The molecule has 4 nitrogen and oxygen atoms in total. The number of carbonyl (C=O) groups is 1. The van der Waals surface area contributed by atoms with Gasteiger partial charge in [0.25, 0.3) is 0 Å². The Kier molecular flexibility index (Phi) is 5.05. The molecule has 0 N–H and O–H groups in total. The molecule has 1 fully saturated rings. The van der Waals surface area contributed by atoms with Gasteiger partial charge in [-0.3, -0.25) is 4.79 Å². The quantitative estimate of drug-likeness (QED) is 0.592. The highest BCUT2D eigenvalue weighted by atomic mass is 16.5. The molecule has 1 aliphatic rings. The van der Waals surface area contributed by atoms with Crippen molar-refractivity contribution >= 4 is 5.91 Å². The van der Waals surface area contributed by atoms with Crippen molar-refractivity contribution in [2.45, 2.75) is 26.4 Å². The summed E-state index contributed by atoms with van der Waals surface area (Å²) in [6.07, 6.45) is 1.01. The molecule has 0 unspecified atom stereocenters. The number of amides is 1. The fourth-order valence-electron chi connectivity index (χ4n) is 1.67. The zero-order valence-electron chi connectivity index (χ0n) is 9.86. The molecule has 0 aliphatic heterocycles. The minimum absolute atomic E-state index is 0.0988. The molecular formula is C11H21NO3. The predicted molar refractivity (Wildman–Crippen MR) is 57.7 cm³/mol. The highest BCUT2D eigenvalue weighted by Gasteiger charge is 2.45. The van der Waals surface area contributed by atoms with Crippen molar-refractivity contribution in [3.63, 3.8) is 0 Å². The summed E-state index contributed by atoms with van der Waals surface area (Å²) in [5, 5.41) is 0. The van der Waals surface area contributed by atoms with Crippen molar-refractivity contribution in [3.05, 3.63) is 0 Å². The first kappa shape index (κ1) is 12.5. The van der Waals surface area contributed by atoms with E-state index in [1.54, 1.807) is 7.11 Å². The van der Waals surface area contributed by atoms with Crippen LogP contribution in [0.3, 0.4) is 0 Å². The van der Waals surface area contributed by atoms with Gasteiger partial charge in [0.15, 0.2) is 0 Å². The van der Waals surface area contributed by atoms with Gasteiger partial charge in [0.2, 0.25) is 5.91 Å². The predicted octanol–water partition coefficient (Wildman–Crippen LogP) is 0.906. The van der Waals surface area contributed by atoms with Gasteiger partial charge in [-0.1, -0.05) is 0 Å². The van der Waals surface area contributed by atoms with E-state index in [-0.39, 0.29) is 17.9 Å². The van der Waals surface area contributed by atoms with Gasteiger partial charge in [-0.05, 0) is 20.3 Å². The molecule has 1 amide bonds. The fraction of sp³-hybridized carbons (Fsp3) is 0.909. The van der Waals surface area contributed by atoms with Gasteiger partial charge in [-0.15, -0.1) is 0 Å². The summed E-state index contributed by atoms with van der Waals surface area (Å²) in [5.74, 6) is 0.337. The molecule has 0 heterocycles. The lowest BCUT2D eigenvalue weighted by Gasteiger charge is -2.18. The maximum absolute atomic E-state index is 11.8. The van der Waals surface area contributed by atoms with Gasteiger partial charge in [-0.2, -0.15) is 0 Å². The van der Waals surface area contributed by atoms with Gasteiger partial charge < -0.3 is 14.4 Å². The number of methoxy groups -OCH3 is 1. The number of carbonyl (C=O) groups excluding carboxylic acids is 1. The van der Waals surface area contributed by atoms with Gasteiger partial charge in [0.05, 0.1) is 25.2 Å². The average Bonchev–Trinajstić information content (AvgIpc) is 2.99. The molecule has 0 saturated heterocycles. The molecule has 0 aromatic carbocycles. The molecule has 0 spiro atoms. The summed E-state index contributed by atoms with van der Waals surface area (Å²) < 4.78 is 10.4. The standard InChI is InChI=1S/C11H21NO3/c1-4-12(5-2)11(13)9-8-10(9)15-7-6-14-3/h9-10H,4-8H2,1-3H3/t9-,10-/m1/s1. The van der Waals surface area contributed by atoms with Gasteiger partial charge in [-0.25, -0.2) is 0 Å². The van der Waals surface area contributed by atoms with Crippen LogP contribution < -0.4 is 0 Å². The Labute approximate surface area is 91.5 Å². The lowest BCUT2D eigenvalue weighted by Crippen LogP contribution is -2.32. The smallest absolute Gasteiger partial charge is 0.228 e. The summed E-state index contributed by atoms with van der Waals surface area (Å²) in [6, 6.07) is 0. The van der Waals surface area contributed by atoms with Crippen molar-refractivity contribution in [2.75, 3.05) is 33.4 Å². The normalized spacial score (nSPS) is 23.9. The summed E-state index contributed by atoms with van der Waals surface area (Å²) in [4.78, 5) is 13.7. The number of rotatable bonds is 7. The molecule has 88 valence electrons. The number of nitrogens with zero attached hydrogens (tertiary/aromatic N) is 1. The van der Waals surface area contributed by atoms with E-state index in [1.807, 2.05) is 18.7 Å². The molecule has 1 rings (SSSR count). The maximum atomic E-state index is 11.8. The Morgan fingerprint density at radius 2 is 2.00 bits per heavy atom. The second-order valence-electron chi connectivity index (χ2n) is 3.75. The van der Waals surface area contributed by atoms with E-state index in [1.165, 1.54) is 0 Å². The number of hydrogen-bond acceptors (Lipinski definition) is 3. The third kappa shape index (κ3) is 3.47. The molecular weight excluding hydrogens is 194 g/mol. The number of hydrogen-bond donors (Lipinski definition) is 0. The molecule has 1 saturated carbocycles. The summed E-state index contributed by atoms with van der Waals surface area (Å²) in [6.45, 7) is 6.77. The second kappa shape index (κ2) is 6.08. The van der Waals surface area contributed by atoms with E-state index < -0.39 is 0 Å². The average molecular weight is 215 g/mol. The largest absolute Gasteiger partial charge is 0.382 e. The van der Waals surface area contributed by atoms with E-state index in [9.17, 15) is 4.79 Å². The lowest BCUT2D eigenvalue weighted by molar-refractivity contribution is -0.133. The van der Waals surface area contributed by atoms with Crippen molar-refractivity contribution in [1.82, 2.24) is 4.90 Å². The minimum Gasteiger partial charge on any atom is -0.382 e. The van der Waals surface area contributed by atoms with E-state index in [4.69, 9.17) is 9.47 Å². The summed E-state index contributed by atoms with van der Waals surface area (Å²) >= 11 is 0. The Morgan fingerprint density at radius 3 is 2.53 bits per heavy atom. The zero-order valence-corrected chi connectivity index (χ0v) is 9.86. The second-order valence-corrected chi connectivity index (χ2v) is 3.75. The molecule has 0 bridgehead atoms. The van der Waals surface area contributed by atoms with Gasteiger partial charge in [0, 0.05) is 20.2 Å². The topological polar surface area (TPSA) is 38.8 Å². The minimum atomic E-state index is 0.0988. The van der Waals surface area contributed by atoms with Crippen LogP contribution in [0.15, 0.2) is 0 Å². The molecule has 1 aliphatic carbocycles. The molecule has 2 atom stereocenters. The third-order valence-electron chi connectivity index (χ3n) is 2.74. The molecule has 15 heavy (non-hydrogen) atoms. The first-order valence-electron chi connectivity index (χ1n) is 5.63. The van der Waals surface area contributed by atoms with Crippen LogP contribution in [0.25, 0.3) is 0 Å². The van der Waals surface area contributed by atoms with Gasteiger partial charge >= 0.3 is 0 Å². The lowest BCUT2D eigenvalue weighted by atomic mass is 10.3. The van der Waals surface area contributed by atoms with Crippen LogP contribution in [0.1, 0.15) is 20.3 Å². The Balaban J connectivity index is 2.21. The molecule has 4 heteroatoms. The zero-order chi connectivity index (χ0) is 11.3. The Bertz CT molecular complexity index is 204. The van der Waals surface area contributed by atoms with E-state index >= 15 is 0 Å². The highest BCUT2D eigenvalue weighted by molar-refractivity contribution is 5.82. The van der Waals surface area contributed by atoms with Crippen LogP contribution in [-0.2, 0) is 14.3 Å². The highest BCUT2D eigenvalue weighted by Crippen LogP contribution is 2.35. The van der Waals surface area contributed by atoms with Crippen LogP contribution in [0.5, 0.6) is 0 Å². The van der Waals surface area contributed by atoms with Crippen LogP contribution in [0.4, 0.5) is 0 Å². The number of ether oxygens (including phenoxy) is 2. The summed E-state index contributed by atoms with van der Waals surface area (Å²) in [5.41, 5.74) is 0. The van der Waals surface area contributed by atoms with E-state index in [0.29, 0.717) is 13.2 Å². The Morgan fingerprint density at radius 1 is 1.33 bits per heavy atom. The SMILES string of the molecule is CCN(CC)C(=O)[C@@H]1C[C@H]1OCCOC. The van der Waals surface area contributed by atoms with Crippen LogP contribution >= 0.6 is 0 Å². The monoisotopic (exact) mass is 215 g/mol. The third-order valence-corrected chi connectivity index (χ3v) is 2.74. The van der Waals surface area contributed by atoms with E-state index in [2.05, 4.69) is 0 Å². The van der Waals surface area contributed by atoms with Crippen molar-refractivity contribution < 1.29 is 14.3 Å². The van der Waals surface area contributed by atoms with Crippen molar-refractivity contribution in [2.24, 2.45) is 5.92 Å². The fourth-order valence-corrected chi connectivity index (χ4v) is 1.67. The molecule has 0 radical (unpaired) electrons. The first-order valence-corrected chi connectivity index (χ1v) is 5.63.